The van der Waals surface area contributed by atoms with Crippen molar-refractivity contribution < 1.29 is 19.4 Å². The molecule has 0 aliphatic carbocycles. The maximum Gasteiger partial charge on any atom is 0.320 e. The smallest absolute Gasteiger partial charge is 0.320 e. The number of hydrogen-bond acceptors (Lipinski definition) is 4. The van der Waals surface area contributed by atoms with Crippen molar-refractivity contribution in [3.63, 3.8) is 0 Å². The molecule has 1 saturated heterocycles. The molecule has 102 valence electrons. The van der Waals surface area contributed by atoms with Gasteiger partial charge < -0.3 is 14.6 Å². The van der Waals surface area contributed by atoms with Gasteiger partial charge in [-0.25, -0.2) is 0 Å². The van der Waals surface area contributed by atoms with Crippen LogP contribution in [0.15, 0.2) is 18.2 Å². The van der Waals surface area contributed by atoms with E-state index in [-0.39, 0.29) is 12.8 Å². The Balaban J connectivity index is 1.80. The van der Waals surface area contributed by atoms with Gasteiger partial charge in [-0.15, -0.1) is 0 Å². The van der Waals surface area contributed by atoms with Gasteiger partial charge in [0, 0.05) is 12.1 Å². The van der Waals surface area contributed by atoms with Crippen molar-refractivity contribution in [2.75, 3.05) is 13.3 Å². The summed E-state index contributed by atoms with van der Waals surface area (Å²) in [5.74, 6) is 0.781. The Morgan fingerprint density at radius 1 is 1.37 bits per heavy atom. The molecule has 1 aromatic rings. The van der Waals surface area contributed by atoms with Gasteiger partial charge in [0.1, 0.15) is 6.04 Å². The second kappa shape index (κ2) is 5.09. The first-order chi connectivity index (χ1) is 9.25. The van der Waals surface area contributed by atoms with Crippen LogP contribution in [0.3, 0.4) is 0 Å². The van der Waals surface area contributed by atoms with Crippen LogP contribution >= 0.6 is 0 Å². The zero-order chi connectivity index (χ0) is 13.2. The Morgan fingerprint density at radius 2 is 2.26 bits per heavy atom. The maximum atomic E-state index is 11.3. The van der Waals surface area contributed by atoms with Crippen LogP contribution < -0.4 is 9.47 Å². The van der Waals surface area contributed by atoms with Gasteiger partial charge >= 0.3 is 5.97 Å². The summed E-state index contributed by atoms with van der Waals surface area (Å²) in [4.78, 5) is 13.3. The van der Waals surface area contributed by atoms with E-state index in [2.05, 4.69) is 0 Å². The van der Waals surface area contributed by atoms with Crippen molar-refractivity contribution in [1.82, 2.24) is 4.90 Å². The SMILES string of the molecule is O=C(O)[C@H]1CCCCN1Cc1cccc2c1OCO2. The van der Waals surface area contributed by atoms with Crippen molar-refractivity contribution in [2.45, 2.75) is 31.8 Å². The molecule has 2 aliphatic heterocycles. The largest absolute Gasteiger partial charge is 0.480 e. The van der Waals surface area contributed by atoms with Gasteiger partial charge in [-0.1, -0.05) is 18.6 Å². The van der Waals surface area contributed by atoms with E-state index in [9.17, 15) is 9.90 Å². The molecule has 2 aliphatic rings. The number of hydrogen-bond donors (Lipinski definition) is 1. The van der Waals surface area contributed by atoms with Gasteiger partial charge in [-0.2, -0.15) is 0 Å². The standard InChI is InChI=1S/C14H17NO4/c16-14(17)11-5-1-2-7-15(11)8-10-4-3-6-12-13(10)19-9-18-12/h3-4,6,11H,1-2,5,7-9H2,(H,16,17)/t11-/m1/s1. The molecule has 1 fully saturated rings. The first kappa shape index (κ1) is 12.3. The molecule has 0 spiro atoms. The Bertz CT molecular complexity index is 488. The number of para-hydroxylation sites is 1. The normalized spacial score (nSPS) is 22.4. The van der Waals surface area contributed by atoms with Crippen LogP contribution in [-0.2, 0) is 11.3 Å². The van der Waals surface area contributed by atoms with E-state index in [1.807, 2.05) is 23.1 Å². The molecule has 1 N–H and O–H groups in total. The van der Waals surface area contributed by atoms with Gasteiger partial charge in [-0.3, -0.25) is 9.69 Å². The lowest BCUT2D eigenvalue weighted by atomic mass is 10.0. The maximum absolute atomic E-state index is 11.3. The lowest BCUT2D eigenvalue weighted by molar-refractivity contribution is -0.144. The molecule has 0 radical (unpaired) electrons. The monoisotopic (exact) mass is 263 g/mol. The van der Waals surface area contributed by atoms with Crippen LogP contribution in [0, 0.1) is 0 Å². The van der Waals surface area contributed by atoms with Crippen LogP contribution in [-0.4, -0.2) is 35.4 Å². The van der Waals surface area contributed by atoms with Gasteiger partial charge in [0.2, 0.25) is 6.79 Å². The fourth-order valence-corrected chi connectivity index (χ4v) is 2.79. The quantitative estimate of drug-likeness (QED) is 0.902. The third kappa shape index (κ3) is 2.38. The average Bonchev–Trinajstić information content (AvgIpc) is 2.88. The first-order valence-electron chi connectivity index (χ1n) is 6.60. The van der Waals surface area contributed by atoms with Crippen molar-refractivity contribution in [1.29, 1.82) is 0 Å². The van der Waals surface area contributed by atoms with E-state index in [1.165, 1.54) is 0 Å². The predicted octanol–water partition coefficient (Wildman–Crippen LogP) is 1.85. The Kier molecular flexibility index (Phi) is 3.29. The average molecular weight is 263 g/mol. The number of likely N-dealkylation sites (tertiary alicyclic amines) is 1. The Labute approximate surface area is 111 Å². The zero-order valence-electron chi connectivity index (χ0n) is 10.7. The molecule has 5 nitrogen and oxygen atoms in total. The highest BCUT2D eigenvalue weighted by atomic mass is 16.7. The molecule has 1 atom stereocenters. The van der Waals surface area contributed by atoms with Crippen molar-refractivity contribution in [2.24, 2.45) is 0 Å². The fourth-order valence-electron chi connectivity index (χ4n) is 2.79. The number of carboxylic acids is 1. The van der Waals surface area contributed by atoms with E-state index in [0.29, 0.717) is 6.54 Å². The number of ether oxygens (including phenoxy) is 2. The number of nitrogens with zero attached hydrogens (tertiary/aromatic N) is 1. The zero-order valence-corrected chi connectivity index (χ0v) is 10.7. The van der Waals surface area contributed by atoms with E-state index in [1.54, 1.807) is 0 Å². The first-order valence-corrected chi connectivity index (χ1v) is 6.60. The molecule has 0 aromatic heterocycles. The van der Waals surface area contributed by atoms with Crippen LogP contribution in [0.5, 0.6) is 11.5 Å². The number of fused-ring (bicyclic) bond motifs is 1. The summed E-state index contributed by atoms with van der Waals surface area (Å²) >= 11 is 0. The second-order valence-electron chi connectivity index (χ2n) is 4.97. The molecule has 5 heteroatoms. The Morgan fingerprint density at radius 3 is 3.11 bits per heavy atom. The van der Waals surface area contributed by atoms with Gasteiger partial charge in [0.15, 0.2) is 11.5 Å². The molecule has 0 amide bonds. The minimum absolute atomic E-state index is 0.245. The van der Waals surface area contributed by atoms with Crippen LogP contribution in [0.25, 0.3) is 0 Å². The third-order valence-electron chi connectivity index (χ3n) is 3.75. The number of carbonyl (C=O) groups is 1. The minimum Gasteiger partial charge on any atom is -0.480 e. The molecule has 0 saturated carbocycles. The van der Waals surface area contributed by atoms with Crippen LogP contribution in [0.2, 0.25) is 0 Å². The summed E-state index contributed by atoms with van der Waals surface area (Å²) in [7, 11) is 0. The predicted molar refractivity (Wildman–Crippen MR) is 68.2 cm³/mol. The molecular weight excluding hydrogens is 246 g/mol. The van der Waals surface area contributed by atoms with Gasteiger partial charge in [0.05, 0.1) is 0 Å². The molecule has 2 heterocycles. The third-order valence-corrected chi connectivity index (χ3v) is 3.75. The van der Waals surface area contributed by atoms with Crippen molar-refractivity contribution in [3.8, 4) is 11.5 Å². The minimum atomic E-state index is -0.732. The highest BCUT2D eigenvalue weighted by Crippen LogP contribution is 2.36. The lowest BCUT2D eigenvalue weighted by Gasteiger charge is -2.33. The van der Waals surface area contributed by atoms with Crippen LogP contribution in [0.1, 0.15) is 24.8 Å². The highest BCUT2D eigenvalue weighted by Gasteiger charge is 2.29. The van der Waals surface area contributed by atoms with Gasteiger partial charge in [0.25, 0.3) is 0 Å². The molecule has 19 heavy (non-hydrogen) atoms. The molecular formula is C14H17NO4. The number of piperidine rings is 1. The number of carboxylic acid groups (broad SMARTS) is 1. The fraction of sp³-hybridized carbons (Fsp3) is 0.500. The molecule has 0 bridgehead atoms. The van der Waals surface area contributed by atoms with Crippen molar-refractivity contribution in [3.05, 3.63) is 23.8 Å². The summed E-state index contributed by atoms with van der Waals surface area (Å²) in [6.07, 6.45) is 2.76. The summed E-state index contributed by atoms with van der Waals surface area (Å²) in [5, 5.41) is 9.28. The van der Waals surface area contributed by atoms with Crippen LogP contribution in [0.4, 0.5) is 0 Å². The highest BCUT2D eigenvalue weighted by molar-refractivity contribution is 5.73. The van der Waals surface area contributed by atoms with E-state index in [4.69, 9.17) is 9.47 Å². The molecule has 1 aromatic carbocycles. The molecule has 0 unspecified atom stereocenters. The topological polar surface area (TPSA) is 59.0 Å². The van der Waals surface area contributed by atoms with Crippen molar-refractivity contribution >= 4 is 5.97 Å². The lowest BCUT2D eigenvalue weighted by Crippen LogP contribution is -2.44. The summed E-state index contributed by atoms with van der Waals surface area (Å²) in [5.41, 5.74) is 1.00. The van der Waals surface area contributed by atoms with E-state index in [0.717, 1.165) is 42.9 Å². The second-order valence-corrected chi connectivity index (χ2v) is 4.97. The number of benzene rings is 1. The number of rotatable bonds is 3. The molecule has 3 rings (SSSR count). The van der Waals surface area contributed by atoms with Gasteiger partial charge in [-0.05, 0) is 25.5 Å². The van der Waals surface area contributed by atoms with E-state index < -0.39 is 5.97 Å². The Hall–Kier alpha value is -1.75. The van der Waals surface area contributed by atoms with E-state index >= 15 is 0 Å². The summed E-state index contributed by atoms with van der Waals surface area (Å²) in [6, 6.07) is 5.38. The summed E-state index contributed by atoms with van der Waals surface area (Å²) in [6.45, 7) is 1.67. The summed E-state index contributed by atoms with van der Waals surface area (Å²) < 4.78 is 10.8. The number of aliphatic carboxylic acids is 1.